The summed E-state index contributed by atoms with van der Waals surface area (Å²) in [6, 6.07) is 24.2. The van der Waals surface area contributed by atoms with Gasteiger partial charge < -0.3 is 50.9 Å². The van der Waals surface area contributed by atoms with Crippen molar-refractivity contribution >= 4 is 52.2 Å². The molecule has 19 heteroatoms. The molecule has 2 aromatic heterocycles. The number of carbonyl (C=O) groups is 4. The van der Waals surface area contributed by atoms with Crippen molar-refractivity contribution in [2.24, 2.45) is 5.41 Å². The predicted octanol–water partition coefficient (Wildman–Crippen LogP) is 7.17. The molecule has 2 bridgehead atoms. The molecule has 4 aliphatic rings. The van der Waals surface area contributed by atoms with E-state index in [4.69, 9.17) is 10.5 Å². The number of amides is 4. The molecule has 4 amide bonds. The Kier molecular flexibility index (Phi) is 18.7. The van der Waals surface area contributed by atoms with E-state index in [1.165, 1.54) is 4.90 Å². The summed E-state index contributed by atoms with van der Waals surface area (Å²) < 4.78 is 6.51. The summed E-state index contributed by atoms with van der Waals surface area (Å²) in [4.78, 5) is 70.1. The number of phenolic OH excluding ortho intramolecular Hbond substituents is 1. The van der Waals surface area contributed by atoms with Gasteiger partial charge in [-0.2, -0.15) is 0 Å². The van der Waals surface area contributed by atoms with Crippen LogP contribution in [0.5, 0.6) is 11.5 Å². The number of nitrogens with one attached hydrogen (secondary N) is 2. The average Bonchev–Trinajstić information content (AvgIpc) is 4.34. The summed E-state index contributed by atoms with van der Waals surface area (Å²) in [6.07, 6.45) is 7.48. The SMILES string of the molecule is Cc1ncsc1-c1ccc(CNC(=O)[C@@H]2C[C@@H](O)CN2C(=O)[C@@H](NC(=O)CCCCCCCCC(=O)N2CCN(CCOc3ccccc3N3C4CCC3CN(c3cc(-c5ccccc5O)nnc3N)C4)CC2)C(C)(C)C)cc1. The first kappa shape index (κ1) is 56.9. The Bertz CT molecular complexity index is 2870. The number of hydrogen-bond acceptors (Lipinski definition) is 15. The molecule has 422 valence electrons. The molecule has 4 fully saturated rings. The maximum Gasteiger partial charge on any atom is 0.246 e. The van der Waals surface area contributed by atoms with Crippen LogP contribution in [0.15, 0.2) is 84.4 Å². The number of aliphatic hydroxyl groups excluding tert-OH is 1. The molecular weight excluding hydrogens is 1020 g/mol. The number of para-hydroxylation sites is 3. The third kappa shape index (κ3) is 14.1. The number of unbranched alkanes of at least 4 members (excludes halogenated alkanes) is 5. The first-order valence-corrected chi connectivity index (χ1v) is 29.2. The van der Waals surface area contributed by atoms with E-state index in [2.05, 4.69) is 58.7 Å². The van der Waals surface area contributed by atoms with Gasteiger partial charge in [-0.3, -0.25) is 24.1 Å². The van der Waals surface area contributed by atoms with E-state index in [-0.39, 0.29) is 67.4 Å². The van der Waals surface area contributed by atoms with Crippen molar-refractivity contribution in [2.45, 2.75) is 135 Å². The van der Waals surface area contributed by atoms with Crippen LogP contribution in [0, 0.1) is 12.3 Å². The maximum atomic E-state index is 14.1. The highest BCUT2D eigenvalue weighted by Crippen LogP contribution is 2.42. The highest BCUT2D eigenvalue weighted by molar-refractivity contribution is 7.13. The smallest absolute Gasteiger partial charge is 0.246 e. The van der Waals surface area contributed by atoms with Gasteiger partial charge in [0.25, 0.3) is 0 Å². The van der Waals surface area contributed by atoms with Crippen LogP contribution in [-0.2, 0) is 25.7 Å². The van der Waals surface area contributed by atoms with Crippen molar-refractivity contribution in [3.05, 3.63) is 95.6 Å². The largest absolute Gasteiger partial charge is 0.507 e. The maximum absolute atomic E-state index is 14.1. The van der Waals surface area contributed by atoms with Crippen LogP contribution in [-0.4, -0.2) is 153 Å². The standard InChI is InChI=1S/C60H79N11O7S/c1-40-55(79-39-63-40)42-23-21-41(22-24-42)35-62-58(76)50-33-45(72)38-70(50)59(77)56(60(2,3)4)64-53(74)19-9-7-5-6-8-10-20-54(75)68-29-27-67(28-30-68)31-32-78-52-18-14-12-16-48(52)71-43-25-26-44(71)37-69(36-43)49-34-47(65-66-57(49)61)46-15-11-13-17-51(46)73/h11-18,21-24,34,39,43-45,50,56,72-73H,5-10,19-20,25-33,35-38H2,1-4H3,(H2,61,66)(H,62,76)(H,64,74)/t43?,44?,45-,50+,56-/m1/s1. The average molecular weight is 1100 g/mol. The molecule has 0 saturated carbocycles. The van der Waals surface area contributed by atoms with Gasteiger partial charge in [0.1, 0.15) is 30.2 Å². The number of aromatic nitrogens is 3. The number of carbonyl (C=O) groups excluding carboxylic acids is 4. The lowest BCUT2D eigenvalue weighted by Crippen LogP contribution is -2.57. The number of aromatic hydroxyl groups is 1. The third-order valence-electron chi connectivity index (χ3n) is 16.1. The minimum atomic E-state index is -0.866. The van der Waals surface area contributed by atoms with Crippen LogP contribution in [0.3, 0.4) is 0 Å². The van der Waals surface area contributed by atoms with Gasteiger partial charge in [0.15, 0.2) is 5.82 Å². The summed E-state index contributed by atoms with van der Waals surface area (Å²) in [5.41, 5.74) is 13.7. The molecule has 79 heavy (non-hydrogen) atoms. The first-order valence-electron chi connectivity index (χ1n) is 28.3. The number of nitrogen functional groups attached to an aromatic ring is 1. The Morgan fingerprint density at radius 3 is 2.22 bits per heavy atom. The number of hydrogen-bond donors (Lipinski definition) is 5. The van der Waals surface area contributed by atoms with E-state index in [0.717, 1.165) is 116 Å². The highest BCUT2D eigenvalue weighted by Gasteiger charge is 2.45. The van der Waals surface area contributed by atoms with Gasteiger partial charge in [0.05, 0.1) is 39.3 Å². The lowest BCUT2D eigenvalue weighted by molar-refractivity contribution is -0.144. The number of nitrogens with zero attached hydrogens (tertiary/aromatic N) is 8. The second-order valence-corrected chi connectivity index (χ2v) is 23.7. The lowest BCUT2D eigenvalue weighted by Gasteiger charge is -2.44. The Hall–Kier alpha value is -6.83. The molecule has 18 nitrogen and oxygen atoms in total. The first-order chi connectivity index (χ1) is 38.1. The topological polar surface area (TPSA) is 223 Å². The molecule has 4 saturated heterocycles. The number of nitrogens with two attached hydrogens (primary N) is 1. The van der Waals surface area contributed by atoms with E-state index in [1.54, 1.807) is 23.5 Å². The van der Waals surface area contributed by atoms with Gasteiger partial charge >= 0.3 is 0 Å². The fourth-order valence-electron chi connectivity index (χ4n) is 11.7. The second kappa shape index (κ2) is 26.0. The summed E-state index contributed by atoms with van der Waals surface area (Å²) >= 11 is 1.58. The number of thiazole rings is 1. The molecule has 6 N–H and O–H groups in total. The number of phenols is 1. The van der Waals surface area contributed by atoms with Crippen LogP contribution in [0.4, 0.5) is 17.2 Å². The summed E-state index contributed by atoms with van der Waals surface area (Å²) in [6.45, 7) is 13.9. The third-order valence-corrected chi connectivity index (χ3v) is 17.1. The molecule has 9 rings (SSSR count). The van der Waals surface area contributed by atoms with Gasteiger partial charge in [-0.05, 0) is 79.5 Å². The molecule has 2 unspecified atom stereocenters. The van der Waals surface area contributed by atoms with E-state index in [0.29, 0.717) is 49.6 Å². The number of aliphatic hydroxyl groups is 1. The minimum absolute atomic E-state index is 0.0246. The van der Waals surface area contributed by atoms with Crippen LogP contribution < -0.4 is 30.9 Å². The number of aryl methyl sites for hydroxylation is 1. The van der Waals surface area contributed by atoms with Crippen molar-refractivity contribution in [1.82, 2.24) is 40.5 Å². The number of likely N-dealkylation sites (tertiary alicyclic amines) is 1. The van der Waals surface area contributed by atoms with E-state index >= 15 is 0 Å². The second-order valence-electron chi connectivity index (χ2n) is 22.8. The van der Waals surface area contributed by atoms with Crippen LogP contribution in [0.1, 0.15) is 103 Å². The van der Waals surface area contributed by atoms with Crippen molar-refractivity contribution in [3.63, 3.8) is 0 Å². The Balaban J connectivity index is 0.638. The normalized spacial score (nSPS) is 19.9. The highest BCUT2D eigenvalue weighted by atomic mass is 32.1. The van der Waals surface area contributed by atoms with Crippen LogP contribution in [0.25, 0.3) is 21.7 Å². The Morgan fingerprint density at radius 2 is 1.52 bits per heavy atom. The van der Waals surface area contributed by atoms with Gasteiger partial charge in [0.2, 0.25) is 23.6 Å². The van der Waals surface area contributed by atoms with Gasteiger partial charge in [-0.25, -0.2) is 4.98 Å². The molecule has 0 spiro atoms. The number of ether oxygens (including phenoxy) is 1. The molecule has 3 aromatic carbocycles. The Morgan fingerprint density at radius 1 is 0.835 bits per heavy atom. The molecule has 4 aliphatic heterocycles. The zero-order valence-electron chi connectivity index (χ0n) is 46.3. The van der Waals surface area contributed by atoms with Gasteiger partial charge in [-0.15, -0.1) is 21.5 Å². The van der Waals surface area contributed by atoms with Gasteiger partial charge in [-0.1, -0.05) is 95.0 Å². The number of piperazine rings is 2. The van der Waals surface area contributed by atoms with Crippen molar-refractivity contribution in [2.75, 3.05) is 74.5 Å². The minimum Gasteiger partial charge on any atom is -0.507 e. The quantitative estimate of drug-likeness (QED) is 0.0434. The van der Waals surface area contributed by atoms with Crippen LogP contribution in [0.2, 0.25) is 0 Å². The molecule has 5 atom stereocenters. The molecule has 5 aromatic rings. The zero-order valence-corrected chi connectivity index (χ0v) is 47.1. The summed E-state index contributed by atoms with van der Waals surface area (Å²) in [5, 5.41) is 35.6. The molecule has 0 aliphatic carbocycles. The number of β-amino-alcohol motifs (C(OH)–C–C–N with tert-alkyl or cyclic N) is 1. The number of anilines is 3. The van der Waals surface area contributed by atoms with E-state index in [9.17, 15) is 29.4 Å². The van der Waals surface area contributed by atoms with E-state index in [1.807, 2.05) is 86.6 Å². The lowest BCUT2D eigenvalue weighted by atomic mass is 9.85. The molecule has 6 heterocycles. The predicted molar refractivity (Wildman–Crippen MR) is 309 cm³/mol. The van der Waals surface area contributed by atoms with E-state index < -0.39 is 23.6 Å². The molecule has 0 radical (unpaired) electrons. The summed E-state index contributed by atoms with van der Waals surface area (Å²) in [5.74, 6) is 0.705. The summed E-state index contributed by atoms with van der Waals surface area (Å²) in [7, 11) is 0. The fourth-order valence-corrected chi connectivity index (χ4v) is 12.5. The monoisotopic (exact) mass is 1100 g/mol. The van der Waals surface area contributed by atoms with Crippen molar-refractivity contribution in [3.8, 4) is 33.2 Å². The number of benzene rings is 3. The zero-order chi connectivity index (χ0) is 55.6. The van der Waals surface area contributed by atoms with Crippen molar-refractivity contribution < 1.29 is 34.1 Å². The number of rotatable bonds is 22. The van der Waals surface area contributed by atoms with Crippen LogP contribution >= 0.6 is 11.3 Å². The Labute approximate surface area is 468 Å². The van der Waals surface area contributed by atoms with Crippen molar-refractivity contribution in [1.29, 1.82) is 0 Å². The van der Waals surface area contributed by atoms with Gasteiger partial charge in [0, 0.05) is 95.8 Å². The molecular formula is C60H79N11O7S. The number of fused-ring (bicyclic) bond motifs is 2. The fraction of sp³-hybridized carbons (Fsp3) is 0.517.